The van der Waals surface area contributed by atoms with Crippen LogP contribution in [-0.4, -0.2) is 24.0 Å². The highest BCUT2D eigenvalue weighted by atomic mass is 16.5. The third kappa shape index (κ3) is 5.55. The fourth-order valence-corrected chi connectivity index (χ4v) is 3.46. The number of rotatable bonds is 6. The molecule has 8 nitrogen and oxygen atoms in total. The summed E-state index contributed by atoms with van der Waals surface area (Å²) >= 11 is 0. The molecule has 2 aromatic heterocycles. The van der Waals surface area contributed by atoms with Crippen molar-refractivity contribution >= 4 is 34.2 Å². The molecule has 0 atom stereocenters. The molecular formula is C27H25N3O5. The number of benzene rings is 2. The lowest BCUT2D eigenvalue weighted by molar-refractivity contribution is -0.142. The molecule has 2 aromatic carbocycles. The van der Waals surface area contributed by atoms with Crippen LogP contribution >= 0.6 is 0 Å². The van der Waals surface area contributed by atoms with Crippen molar-refractivity contribution in [3.05, 3.63) is 88.7 Å². The van der Waals surface area contributed by atoms with Crippen LogP contribution in [0.2, 0.25) is 0 Å². The Balaban J connectivity index is 1.90. The average molecular weight is 472 g/mol. The number of hydrogen-bond donors (Lipinski definition) is 1. The Morgan fingerprint density at radius 3 is 2.57 bits per heavy atom. The van der Waals surface area contributed by atoms with Crippen molar-refractivity contribution in [1.29, 1.82) is 0 Å². The molecule has 8 heteroatoms. The van der Waals surface area contributed by atoms with Gasteiger partial charge in [-0.2, -0.15) is 0 Å². The number of esters is 1. The minimum absolute atomic E-state index is 0.0000279. The topological polar surface area (TPSA) is 103 Å². The van der Waals surface area contributed by atoms with Gasteiger partial charge in [-0.1, -0.05) is 23.8 Å². The number of carbonyl (C=O) groups is 2. The molecule has 0 saturated carbocycles. The molecule has 0 spiro atoms. The molecule has 4 aromatic rings. The smallest absolute Gasteiger partial charge is 0.302 e. The minimum Gasteiger partial charge on any atom is -0.497 e. The van der Waals surface area contributed by atoms with Crippen LogP contribution in [0.15, 0.2) is 70.2 Å². The third-order valence-electron chi connectivity index (χ3n) is 5.32. The second-order valence-corrected chi connectivity index (χ2v) is 7.99. The summed E-state index contributed by atoms with van der Waals surface area (Å²) in [4.78, 5) is 33.7. The zero-order chi connectivity index (χ0) is 24.9. The Morgan fingerprint density at radius 1 is 1.09 bits per heavy atom. The lowest BCUT2D eigenvalue weighted by Gasteiger charge is -2.11. The summed E-state index contributed by atoms with van der Waals surface area (Å²) in [5.74, 6) is -0.189. The summed E-state index contributed by atoms with van der Waals surface area (Å²) in [5, 5.41) is 3.51. The number of amides is 1. The summed E-state index contributed by atoms with van der Waals surface area (Å²) in [5.41, 5.74) is 4.28. The number of aryl methyl sites for hydroxylation is 2. The van der Waals surface area contributed by atoms with Crippen molar-refractivity contribution in [2.75, 3.05) is 12.4 Å². The third-order valence-corrected chi connectivity index (χ3v) is 5.32. The molecule has 35 heavy (non-hydrogen) atoms. The van der Waals surface area contributed by atoms with E-state index in [1.54, 1.807) is 50.6 Å². The van der Waals surface area contributed by atoms with E-state index in [0.717, 1.165) is 5.56 Å². The van der Waals surface area contributed by atoms with Crippen molar-refractivity contribution in [3.63, 3.8) is 0 Å². The molecule has 0 saturated heterocycles. The van der Waals surface area contributed by atoms with Crippen LogP contribution in [-0.2, 0) is 16.1 Å². The highest BCUT2D eigenvalue weighted by Crippen LogP contribution is 2.24. The van der Waals surface area contributed by atoms with Crippen LogP contribution in [0.25, 0.3) is 11.0 Å². The quantitative estimate of drug-likeness (QED) is 0.397. The van der Waals surface area contributed by atoms with Crippen molar-refractivity contribution < 1.29 is 23.5 Å². The van der Waals surface area contributed by atoms with E-state index >= 15 is 0 Å². The molecule has 0 aliphatic rings. The maximum atomic E-state index is 13.4. The van der Waals surface area contributed by atoms with Crippen molar-refractivity contribution in [2.24, 2.45) is 4.99 Å². The number of carbonyl (C=O) groups excluding carboxylic acids is 2. The van der Waals surface area contributed by atoms with Gasteiger partial charge in [-0.15, -0.1) is 0 Å². The molecular weight excluding hydrogens is 446 g/mol. The van der Waals surface area contributed by atoms with Crippen LogP contribution < -0.4 is 15.6 Å². The second-order valence-electron chi connectivity index (χ2n) is 7.99. The van der Waals surface area contributed by atoms with E-state index in [1.165, 1.54) is 6.92 Å². The van der Waals surface area contributed by atoms with E-state index in [2.05, 4.69) is 15.3 Å². The van der Waals surface area contributed by atoms with Crippen LogP contribution in [0.5, 0.6) is 5.75 Å². The van der Waals surface area contributed by atoms with Crippen LogP contribution in [0, 0.1) is 13.8 Å². The Hall–Kier alpha value is -4.46. The molecule has 0 fully saturated rings. The van der Waals surface area contributed by atoms with Crippen LogP contribution in [0.3, 0.4) is 0 Å². The Bertz CT molecular complexity index is 1470. The molecule has 1 N–H and O–H groups in total. The van der Waals surface area contributed by atoms with Gasteiger partial charge >= 0.3 is 5.97 Å². The Morgan fingerprint density at radius 2 is 1.86 bits per heavy atom. The monoisotopic (exact) mass is 471 g/mol. The van der Waals surface area contributed by atoms with Gasteiger partial charge in [0.25, 0.3) is 5.91 Å². The van der Waals surface area contributed by atoms with Gasteiger partial charge in [-0.25, -0.2) is 4.99 Å². The molecule has 2 heterocycles. The van der Waals surface area contributed by atoms with Crippen molar-refractivity contribution in [2.45, 2.75) is 27.4 Å². The average Bonchev–Trinajstić information content (AvgIpc) is 2.85. The summed E-state index contributed by atoms with van der Waals surface area (Å²) < 4.78 is 16.6. The summed E-state index contributed by atoms with van der Waals surface area (Å²) in [6.45, 7) is 5.10. The van der Waals surface area contributed by atoms with E-state index in [1.807, 2.05) is 31.2 Å². The fourth-order valence-electron chi connectivity index (χ4n) is 3.46. The van der Waals surface area contributed by atoms with E-state index in [0.29, 0.717) is 39.4 Å². The van der Waals surface area contributed by atoms with Crippen LogP contribution in [0.1, 0.15) is 34.1 Å². The number of anilines is 1. The van der Waals surface area contributed by atoms with Crippen molar-refractivity contribution in [3.8, 4) is 5.75 Å². The summed E-state index contributed by atoms with van der Waals surface area (Å²) in [7, 11) is 1.57. The number of nitrogens with zero attached hydrogens (tertiary/aromatic N) is 2. The number of methoxy groups -OCH3 is 1. The fraction of sp³-hybridized carbons (Fsp3) is 0.185. The first-order chi connectivity index (χ1) is 16.8. The molecule has 0 aliphatic carbocycles. The highest BCUT2D eigenvalue weighted by Gasteiger charge is 2.17. The van der Waals surface area contributed by atoms with Gasteiger partial charge in [0.05, 0.1) is 18.5 Å². The minimum atomic E-state index is -0.419. The predicted octanol–water partition coefficient (Wildman–Crippen LogP) is 5.00. The maximum Gasteiger partial charge on any atom is 0.302 e. The van der Waals surface area contributed by atoms with E-state index in [9.17, 15) is 9.59 Å². The zero-order valence-corrected chi connectivity index (χ0v) is 19.9. The zero-order valence-electron chi connectivity index (χ0n) is 19.9. The number of fused-ring (bicyclic) bond motifs is 1. The Labute approximate surface area is 202 Å². The van der Waals surface area contributed by atoms with Crippen molar-refractivity contribution in [1.82, 2.24) is 4.98 Å². The SMILES string of the molecule is COc1cccc(N=c2oc3c(C)ncc(COC(C)=O)c3cc2C(=O)Nc2ccc(C)cc2)c1. The van der Waals surface area contributed by atoms with E-state index in [4.69, 9.17) is 13.9 Å². The summed E-state index contributed by atoms with van der Waals surface area (Å²) in [6.07, 6.45) is 1.61. The van der Waals surface area contributed by atoms with Gasteiger partial charge in [-0.3, -0.25) is 14.6 Å². The first kappa shape index (κ1) is 23.7. The number of hydrogen-bond acceptors (Lipinski definition) is 7. The molecule has 0 bridgehead atoms. The first-order valence-corrected chi connectivity index (χ1v) is 11.0. The van der Waals surface area contributed by atoms with Crippen LogP contribution in [0.4, 0.5) is 11.4 Å². The maximum absolute atomic E-state index is 13.4. The molecule has 178 valence electrons. The lowest BCUT2D eigenvalue weighted by atomic mass is 10.1. The standard InChI is InChI=1S/C27H25N3O5/c1-16-8-10-20(11-9-16)29-26(32)24-13-23-19(15-34-18(3)31)14-28-17(2)25(23)35-27(24)30-21-6-5-7-22(12-21)33-4/h5-14H,15H2,1-4H3,(H,29,32). The molecule has 0 unspecified atom stereocenters. The van der Waals surface area contributed by atoms with Gasteiger partial charge in [0.2, 0.25) is 5.55 Å². The van der Waals surface area contributed by atoms with Gasteiger partial charge in [-0.05, 0) is 44.2 Å². The first-order valence-electron chi connectivity index (χ1n) is 11.0. The van der Waals surface area contributed by atoms with Gasteiger partial charge in [0.1, 0.15) is 17.9 Å². The number of nitrogens with one attached hydrogen (secondary N) is 1. The van der Waals surface area contributed by atoms with Gasteiger partial charge < -0.3 is 19.2 Å². The summed E-state index contributed by atoms with van der Waals surface area (Å²) in [6, 6.07) is 16.3. The predicted molar refractivity (Wildman–Crippen MR) is 132 cm³/mol. The highest BCUT2D eigenvalue weighted by molar-refractivity contribution is 6.05. The number of ether oxygens (including phenoxy) is 2. The normalized spacial score (nSPS) is 11.4. The lowest BCUT2D eigenvalue weighted by Crippen LogP contribution is -2.22. The molecule has 4 rings (SSSR count). The van der Waals surface area contributed by atoms with Gasteiger partial charge in [0, 0.05) is 35.8 Å². The second kappa shape index (κ2) is 10.2. The Kier molecular flexibility index (Phi) is 6.91. The largest absolute Gasteiger partial charge is 0.497 e. The number of pyridine rings is 1. The molecule has 0 radical (unpaired) electrons. The van der Waals surface area contributed by atoms with E-state index < -0.39 is 11.9 Å². The molecule has 0 aliphatic heterocycles. The molecule has 1 amide bonds. The van der Waals surface area contributed by atoms with Gasteiger partial charge in [0.15, 0.2) is 5.58 Å². The number of aromatic nitrogens is 1. The van der Waals surface area contributed by atoms with E-state index in [-0.39, 0.29) is 17.7 Å².